The first-order valence-electron chi connectivity index (χ1n) is 7.62. The van der Waals surface area contributed by atoms with Crippen LogP contribution in [0.25, 0.3) is 0 Å². The SMILES string of the molecule is CCOC(=O)[C@@H](CCSC)NS(=O)(=O)c1ccc2c(c1)NC(=O)CO2. The Bertz CT molecular complexity index is 750. The van der Waals surface area contributed by atoms with Crippen molar-refractivity contribution in [1.29, 1.82) is 0 Å². The van der Waals surface area contributed by atoms with E-state index in [0.717, 1.165) is 0 Å². The second-order valence-corrected chi connectivity index (χ2v) is 7.90. The zero-order chi connectivity index (χ0) is 18.4. The fourth-order valence-corrected chi connectivity index (χ4v) is 3.90. The van der Waals surface area contributed by atoms with Gasteiger partial charge < -0.3 is 14.8 Å². The standard InChI is InChI=1S/C15H20N2O6S2/c1-3-22-15(19)11(6-7-24-2)17-25(20,21)10-4-5-13-12(8-10)16-14(18)9-23-13/h4-5,8,11,17H,3,6-7,9H2,1-2H3,(H,16,18)/t11-/m1/s1. The van der Waals surface area contributed by atoms with Gasteiger partial charge in [0.05, 0.1) is 17.2 Å². The summed E-state index contributed by atoms with van der Waals surface area (Å²) in [5.74, 6) is 0.0112. The van der Waals surface area contributed by atoms with E-state index in [4.69, 9.17) is 9.47 Å². The number of rotatable bonds is 8. The van der Waals surface area contributed by atoms with Gasteiger partial charge in [-0.1, -0.05) is 0 Å². The monoisotopic (exact) mass is 388 g/mol. The lowest BCUT2D eigenvalue weighted by Gasteiger charge is -2.20. The summed E-state index contributed by atoms with van der Waals surface area (Å²) in [4.78, 5) is 23.3. The largest absolute Gasteiger partial charge is 0.482 e. The van der Waals surface area contributed by atoms with Gasteiger partial charge in [0.1, 0.15) is 11.8 Å². The molecule has 0 radical (unpaired) electrons. The Kier molecular flexibility index (Phi) is 6.68. The molecule has 1 aliphatic heterocycles. The van der Waals surface area contributed by atoms with Crippen LogP contribution in [0.5, 0.6) is 5.75 Å². The number of amides is 1. The van der Waals surface area contributed by atoms with E-state index in [0.29, 0.717) is 17.9 Å². The van der Waals surface area contributed by atoms with Crippen molar-refractivity contribution in [3.63, 3.8) is 0 Å². The summed E-state index contributed by atoms with van der Waals surface area (Å²) in [5.41, 5.74) is 0.274. The van der Waals surface area contributed by atoms with Crippen LogP contribution in [0.3, 0.4) is 0 Å². The summed E-state index contributed by atoms with van der Waals surface area (Å²) in [6.07, 6.45) is 2.17. The lowest BCUT2D eigenvalue weighted by molar-refractivity contribution is -0.145. The molecule has 2 N–H and O–H groups in total. The van der Waals surface area contributed by atoms with Crippen molar-refractivity contribution in [2.24, 2.45) is 0 Å². The zero-order valence-electron chi connectivity index (χ0n) is 13.9. The summed E-state index contributed by atoms with van der Waals surface area (Å²) >= 11 is 1.50. The van der Waals surface area contributed by atoms with E-state index in [2.05, 4.69) is 10.0 Å². The van der Waals surface area contributed by atoms with E-state index in [1.807, 2.05) is 6.26 Å². The Morgan fingerprint density at radius 3 is 2.92 bits per heavy atom. The number of benzene rings is 1. The van der Waals surface area contributed by atoms with Crippen LogP contribution in [0.1, 0.15) is 13.3 Å². The highest BCUT2D eigenvalue weighted by molar-refractivity contribution is 7.98. The molecule has 0 aromatic heterocycles. The van der Waals surface area contributed by atoms with Gasteiger partial charge in [-0.2, -0.15) is 16.5 Å². The number of anilines is 1. The van der Waals surface area contributed by atoms with Gasteiger partial charge in [0.2, 0.25) is 10.0 Å². The third-order valence-electron chi connectivity index (χ3n) is 3.37. The molecule has 1 aliphatic rings. The van der Waals surface area contributed by atoms with Crippen molar-refractivity contribution in [3.05, 3.63) is 18.2 Å². The molecule has 138 valence electrons. The van der Waals surface area contributed by atoms with Crippen molar-refractivity contribution in [1.82, 2.24) is 4.72 Å². The van der Waals surface area contributed by atoms with Crippen molar-refractivity contribution in [2.75, 3.05) is 30.5 Å². The Hall–Kier alpha value is -1.78. The van der Waals surface area contributed by atoms with Gasteiger partial charge >= 0.3 is 5.97 Å². The highest BCUT2D eigenvalue weighted by Crippen LogP contribution is 2.30. The fraction of sp³-hybridized carbons (Fsp3) is 0.467. The quantitative estimate of drug-likeness (QED) is 0.639. The maximum absolute atomic E-state index is 12.6. The predicted octanol–water partition coefficient (Wildman–Crippen LogP) is 0.981. The molecule has 1 amide bonds. The van der Waals surface area contributed by atoms with Crippen LogP contribution < -0.4 is 14.8 Å². The van der Waals surface area contributed by atoms with Gasteiger partial charge in [0.15, 0.2) is 6.61 Å². The number of thioether (sulfide) groups is 1. The zero-order valence-corrected chi connectivity index (χ0v) is 15.5. The van der Waals surface area contributed by atoms with Crippen molar-refractivity contribution >= 4 is 39.3 Å². The molecule has 0 fully saturated rings. The van der Waals surface area contributed by atoms with E-state index in [1.165, 1.54) is 30.0 Å². The molecule has 1 atom stereocenters. The van der Waals surface area contributed by atoms with Crippen LogP contribution >= 0.6 is 11.8 Å². The number of sulfonamides is 1. The van der Waals surface area contributed by atoms with E-state index in [1.54, 1.807) is 6.92 Å². The maximum atomic E-state index is 12.6. The number of hydrogen-bond donors (Lipinski definition) is 2. The molecule has 10 heteroatoms. The number of nitrogens with one attached hydrogen (secondary N) is 2. The fourth-order valence-electron chi connectivity index (χ4n) is 2.19. The summed E-state index contributed by atoms with van der Waals surface area (Å²) in [6.45, 7) is 1.71. The van der Waals surface area contributed by atoms with Gasteiger partial charge in [-0.05, 0) is 43.6 Å². The van der Waals surface area contributed by atoms with E-state index in [-0.39, 0.29) is 29.7 Å². The number of carbonyl (C=O) groups excluding carboxylic acids is 2. The minimum absolute atomic E-state index is 0.0736. The maximum Gasteiger partial charge on any atom is 0.324 e. The average Bonchev–Trinajstić information content (AvgIpc) is 2.58. The number of hydrogen-bond acceptors (Lipinski definition) is 7. The number of fused-ring (bicyclic) bond motifs is 1. The molecular formula is C15H20N2O6S2. The number of esters is 1. The molecule has 1 aromatic rings. The second kappa shape index (κ2) is 8.54. The number of carbonyl (C=O) groups is 2. The van der Waals surface area contributed by atoms with E-state index >= 15 is 0 Å². The normalized spacial score (nSPS) is 14.9. The van der Waals surface area contributed by atoms with E-state index < -0.39 is 22.0 Å². The molecule has 25 heavy (non-hydrogen) atoms. The highest BCUT2D eigenvalue weighted by atomic mass is 32.2. The third-order valence-corrected chi connectivity index (χ3v) is 5.49. The molecular weight excluding hydrogens is 368 g/mol. The number of ether oxygens (including phenoxy) is 2. The average molecular weight is 388 g/mol. The van der Waals surface area contributed by atoms with Crippen LogP contribution in [0, 0.1) is 0 Å². The molecule has 0 spiro atoms. The molecule has 0 saturated carbocycles. The summed E-state index contributed by atoms with van der Waals surface area (Å²) in [6, 6.07) is 3.14. The first kappa shape index (κ1) is 19.5. The Labute approximate surface area is 150 Å². The molecule has 2 rings (SSSR count). The molecule has 0 bridgehead atoms. The summed E-state index contributed by atoms with van der Waals surface area (Å²) < 4.78 is 37.7. The minimum atomic E-state index is -3.97. The highest BCUT2D eigenvalue weighted by Gasteiger charge is 2.28. The van der Waals surface area contributed by atoms with Gasteiger partial charge in [-0.25, -0.2) is 8.42 Å². The Morgan fingerprint density at radius 1 is 1.48 bits per heavy atom. The Balaban J connectivity index is 2.22. The van der Waals surface area contributed by atoms with Gasteiger partial charge in [0.25, 0.3) is 5.91 Å². The summed E-state index contributed by atoms with van der Waals surface area (Å²) in [7, 11) is -3.97. The topological polar surface area (TPSA) is 111 Å². The first-order chi connectivity index (χ1) is 11.9. The van der Waals surface area contributed by atoms with E-state index in [9.17, 15) is 18.0 Å². The second-order valence-electron chi connectivity index (χ2n) is 5.20. The van der Waals surface area contributed by atoms with Crippen LogP contribution in [0.2, 0.25) is 0 Å². The lowest BCUT2D eigenvalue weighted by atomic mass is 10.2. The van der Waals surface area contributed by atoms with Gasteiger partial charge in [-0.3, -0.25) is 9.59 Å². The first-order valence-corrected chi connectivity index (χ1v) is 10.5. The van der Waals surface area contributed by atoms with Crippen LogP contribution in [0.15, 0.2) is 23.1 Å². The molecule has 1 heterocycles. The lowest BCUT2D eigenvalue weighted by Crippen LogP contribution is -2.42. The van der Waals surface area contributed by atoms with Crippen LogP contribution in [0.4, 0.5) is 5.69 Å². The van der Waals surface area contributed by atoms with Crippen LogP contribution in [-0.4, -0.2) is 51.6 Å². The van der Waals surface area contributed by atoms with Crippen molar-refractivity contribution in [2.45, 2.75) is 24.3 Å². The smallest absolute Gasteiger partial charge is 0.324 e. The van der Waals surface area contributed by atoms with Gasteiger partial charge in [-0.15, -0.1) is 0 Å². The van der Waals surface area contributed by atoms with Crippen molar-refractivity contribution < 1.29 is 27.5 Å². The third kappa shape index (κ3) is 5.10. The molecule has 8 nitrogen and oxygen atoms in total. The molecule has 0 unspecified atom stereocenters. The van der Waals surface area contributed by atoms with Crippen molar-refractivity contribution in [3.8, 4) is 5.75 Å². The minimum Gasteiger partial charge on any atom is -0.482 e. The molecule has 0 aliphatic carbocycles. The Morgan fingerprint density at radius 2 is 2.24 bits per heavy atom. The van der Waals surface area contributed by atoms with Crippen LogP contribution in [-0.2, 0) is 24.3 Å². The molecule has 1 aromatic carbocycles. The van der Waals surface area contributed by atoms with Gasteiger partial charge in [0, 0.05) is 0 Å². The predicted molar refractivity (Wildman–Crippen MR) is 94.3 cm³/mol. The summed E-state index contributed by atoms with van der Waals surface area (Å²) in [5, 5.41) is 2.55. The molecule has 0 saturated heterocycles.